The maximum absolute atomic E-state index is 13.5. The van der Waals surface area contributed by atoms with Crippen LogP contribution in [0.25, 0.3) is 10.8 Å². The Labute approximate surface area is 154 Å². The van der Waals surface area contributed by atoms with Crippen LogP contribution in [0.4, 0.5) is 13.2 Å². The smallest absolute Gasteiger partial charge is 0.200 e. The molecule has 0 amide bonds. The molecule has 0 saturated heterocycles. The summed E-state index contributed by atoms with van der Waals surface area (Å²) in [6, 6.07) is 16.7. The zero-order chi connectivity index (χ0) is 19.7. The molecule has 0 fully saturated rings. The second-order valence-corrected chi connectivity index (χ2v) is 7.59. The summed E-state index contributed by atoms with van der Waals surface area (Å²) in [5.74, 6) is 0. The molecule has 8 heteroatoms. The summed E-state index contributed by atoms with van der Waals surface area (Å²) in [5, 5.41) is 4.55. The van der Waals surface area contributed by atoms with Gasteiger partial charge in [-0.05, 0) is 35.9 Å². The molecule has 0 spiro atoms. The monoisotopic (exact) mass is 392 g/mol. The predicted molar refractivity (Wildman–Crippen MR) is 98.0 cm³/mol. The predicted octanol–water partition coefficient (Wildman–Crippen LogP) is 4.39. The molecule has 0 atom stereocenters. The number of rotatable bonds is 4. The van der Waals surface area contributed by atoms with Crippen molar-refractivity contribution in [3.8, 4) is 0 Å². The molecule has 0 aliphatic carbocycles. The Morgan fingerprint density at radius 2 is 1.56 bits per heavy atom. The SMILES string of the molecule is Cc1ccc(S(=O)(=O)N/N=C(\c2ccc3ccccc3c2)C(F)(F)F)cc1. The summed E-state index contributed by atoms with van der Waals surface area (Å²) < 4.78 is 64.9. The Balaban J connectivity index is 2.00. The van der Waals surface area contributed by atoms with Crippen LogP contribution in [0.2, 0.25) is 0 Å². The molecule has 0 bridgehead atoms. The molecule has 27 heavy (non-hydrogen) atoms. The van der Waals surface area contributed by atoms with Crippen LogP contribution in [0, 0.1) is 6.92 Å². The highest BCUT2D eigenvalue weighted by atomic mass is 32.2. The number of sulfonamides is 1. The molecule has 140 valence electrons. The third-order valence-corrected chi connectivity index (χ3v) is 5.12. The van der Waals surface area contributed by atoms with E-state index in [0.29, 0.717) is 5.39 Å². The number of nitrogens with zero attached hydrogens (tertiary/aromatic N) is 1. The van der Waals surface area contributed by atoms with Crippen molar-refractivity contribution >= 4 is 26.5 Å². The van der Waals surface area contributed by atoms with Gasteiger partial charge in [-0.15, -0.1) is 0 Å². The number of benzene rings is 3. The van der Waals surface area contributed by atoms with Gasteiger partial charge in [0.25, 0.3) is 10.0 Å². The van der Waals surface area contributed by atoms with Crippen molar-refractivity contribution in [1.82, 2.24) is 4.83 Å². The lowest BCUT2D eigenvalue weighted by molar-refractivity contribution is -0.0583. The number of hydrogen-bond donors (Lipinski definition) is 1. The average molecular weight is 392 g/mol. The fourth-order valence-corrected chi connectivity index (χ4v) is 3.32. The van der Waals surface area contributed by atoms with Crippen LogP contribution in [-0.2, 0) is 10.0 Å². The maximum Gasteiger partial charge on any atom is 0.435 e. The molecular weight excluding hydrogens is 377 g/mol. The van der Waals surface area contributed by atoms with Gasteiger partial charge in [-0.25, -0.2) is 0 Å². The van der Waals surface area contributed by atoms with E-state index in [4.69, 9.17) is 0 Å². The van der Waals surface area contributed by atoms with Gasteiger partial charge in [0.15, 0.2) is 5.71 Å². The van der Waals surface area contributed by atoms with Crippen molar-refractivity contribution in [2.24, 2.45) is 5.10 Å². The lowest BCUT2D eigenvalue weighted by Crippen LogP contribution is -2.29. The highest BCUT2D eigenvalue weighted by molar-refractivity contribution is 7.89. The van der Waals surface area contributed by atoms with Crippen molar-refractivity contribution in [1.29, 1.82) is 0 Å². The fourth-order valence-electron chi connectivity index (χ4n) is 2.50. The molecule has 3 rings (SSSR count). The lowest BCUT2D eigenvalue weighted by Gasteiger charge is -2.12. The molecule has 0 saturated carbocycles. The van der Waals surface area contributed by atoms with Crippen LogP contribution in [0.15, 0.2) is 76.7 Å². The van der Waals surface area contributed by atoms with Crippen molar-refractivity contribution in [3.05, 3.63) is 77.9 Å². The normalized spacial score (nSPS) is 13.0. The summed E-state index contributed by atoms with van der Waals surface area (Å²) in [5.41, 5.74) is -0.721. The Hall–Kier alpha value is -2.87. The molecule has 0 heterocycles. The van der Waals surface area contributed by atoms with E-state index >= 15 is 0 Å². The number of halogens is 3. The quantitative estimate of drug-likeness (QED) is 0.529. The molecule has 1 N–H and O–H groups in total. The Bertz CT molecular complexity index is 1110. The van der Waals surface area contributed by atoms with E-state index in [1.165, 1.54) is 30.3 Å². The van der Waals surface area contributed by atoms with E-state index in [1.807, 2.05) is 0 Å². The number of hydrogen-bond acceptors (Lipinski definition) is 3. The van der Waals surface area contributed by atoms with Crippen molar-refractivity contribution in [2.75, 3.05) is 0 Å². The second kappa shape index (κ2) is 7.03. The first-order chi connectivity index (χ1) is 12.7. The van der Waals surface area contributed by atoms with Gasteiger partial charge in [-0.3, -0.25) is 0 Å². The molecular formula is C19H15F3N2O2S. The Kier molecular flexibility index (Phi) is 4.93. The van der Waals surface area contributed by atoms with E-state index in [1.54, 1.807) is 48.2 Å². The van der Waals surface area contributed by atoms with E-state index in [-0.39, 0.29) is 10.5 Å². The van der Waals surface area contributed by atoms with E-state index < -0.39 is 21.9 Å². The first-order valence-electron chi connectivity index (χ1n) is 7.89. The van der Waals surface area contributed by atoms with Crippen LogP contribution in [0.1, 0.15) is 11.1 Å². The van der Waals surface area contributed by atoms with Gasteiger partial charge < -0.3 is 0 Å². The van der Waals surface area contributed by atoms with Crippen LogP contribution < -0.4 is 4.83 Å². The minimum absolute atomic E-state index is 0.170. The first kappa shape index (κ1) is 18.9. The number of alkyl halides is 3. The number of nitrogens with one attached hydrogen (secondary N) is 1. The minimum atomic E-state index is -4.84. The summed E-state index contributed by atoms with van der Waals surface area (Å²) in [6.45, 7) is 1.77. The molecule has 3 aromatic rings. The third kappa shape index (κ3) is 4.28. The van der Waals surface area contributed by atoms with Gasteiger partial charge in [-0.1, -0.05) is 54.1 Å². The molecule has 4 nitrogen and oxygen atoms in total. The Morgan fingerprint density at radius 3 is 2.19 bits per heavy atom. The molecule has 0 aliphatic heterocycles. The molecule has 0 aliphatic rings. The number of aryl methyl sites for hydroxylation is 1. The maximum atomic E-state index is 13.5. The van der Waals surface area contributed by atoms with Crippen LogP contribution in [-0.4, -0.2) is 20.3 Å². The van der Waals surface area contributed by atoms with Crippen LogP contribution in [0.3, 0.4) is 0 Å². The average Bonchev–Trinajstić information content (AvgIpc) is 2.61. The van der Waals surface area contributed by atoms with E-state index in [9.17, 15) is 21.6 Å². The minimum Gasteiger partial charge on any atom is -0.200 e. The van der Waals surface area contributed by atoms with Gasteiger partial charge >= 0.3 is 6.18 Å². The summed E-state index contributed by atoms with van der Waals surface area (Å²) in [4.78, 5) is 1.52. The third-order valence-electron chi connectivity index (χ3n) is 3.90. The van der Waals surface area contributed by atoms with Gasteiger partial charge in [0.1, 0.15) is 0 Å². The highest BCUT2D eigenvalue weighted by Crippen LogP contribution is 2.25. The first-order valence-corrected chi connectivity index (χ1v) is 9.38. The standard InChI is InChI=1S/C19H15F3N2O2S/c1-13-6-10-17(11-7-13)27(25,26)24-23-18(19(20,21)22)16-9-8-14-4-2-3-5-15(14)12-16/h2-12,24H,1H3/b23-18+. The van der Waals surface area contributed by atoms with Crippen LogP contribution in [0.5, 0.6) is 0 Å². The number of fused-ring (bicyclic) bond motifs is 1. The summed E-state index contributed by atoms with van der Waals surface area (Å²) in [6.07, 6.45) is -4.84. The lowest BCUT2D eigenvalue weighted by atomic mass is 10.0. The summed E-state index contributed by atoms with van der Waals surface area (Å²) in [7, 11) is -4.22. The van der Waals surface area contributed by atoms with Crippen molar-refractivity contribution < 1.29 is 21.6 Å². The zero-order valence-corrected chi connectivity index (χ0v) is 15.0. The zero-order valence-electron chi connectivity index (χ0n) is 14.2. The molecule has 0 radical (unpaired) electrons. The molecule has 0 unspecified atom stereocenters. The number of hydrazone groups is 1. The topological polar surface area (TPSA) is 58.5 Å². The molecule has 0 aromatic heterocycles. The van der Waals surface area contributed by atoms with Gasteiger partial charge in [0, 0.05) is 5.56 Å². The van der Waals surface area contributed by atoms with Crippen LogP contribution >= 0.6 is 0 Å². The van der Waals surface area contributed by atoms with Crippen molar-refractivity contribution in [2.45, 2.75) is 18.0 Å². The van der Waals surface area contributed by atoms with Gasteiger partial charge in [0.05, 0.1) is 4.90 Å². The highest BCUT2D eigenvalue weighted by Gasteiger charge is 2.37. The van der Waals surface area contributed by atoms with Crippen molar-refractivity contribution in [3.63, 3.8) is 0 Å². The summed E-state index contributed by atoms with van der Waals surface area (Å²) >= 11 is 0. The fraction of sp³-hybridized carbons (Fsp3) is 0.105. The second-order valence-electron chi connectivity index (χ2n) is 5.93. The largest absolute Gasteiger partial charge is 0.435 e. The van der Waals surface area contributed by atoms with Gasteiger partial charge in [-0.2, -0.15) is 31.5 Å². The Morgan fingerprint density at radius 1 is 0.926 bits per heavy atom. The van der Waals surface area contributed by atoms with E-state index in [0.717, 1.165) is 10.9 Å². The molecule has 3 aromatic carbocycles. The van der Waals surface area contributed by atoms with Gasteiger partial charge in [0.2, 0.25) is 0 Å². The van der Waals surface area contributed by atoms with E-state index in [2.05, 4.69) is 5.10 Å².